The molecule has 0 saturated carbocycles. The molecule has 1 aliphatic heterocycles. The molecule has 2 heterocycles. The summed E-state index contributed by atoms with van der Waals surface area (Å²) in [6, 6.07) is 0.869. The number of rotatable bonds is 2. The van der Waals surface area contributed by atoms with E-state index in [9.17, 15) is 12.8 Å². The molecule has 1 unspecified atom stereocenters. The Bertz CT molecular complexity index is 506. The Balaban J connectivity index is 2.11. The summed E-state index contributed by atoms with van der Waals surface area (Å²) in [7, 11) is -2.98. The molecule has 7 heteroatoms. The molecule has 88 valence electrons. The van der Waals surface area contributed by atoms with Crippen molar-refractivity contribution in [1.29, 1.82) is 0 Å². The Hall–Kier alpha value is -0.880. The van der Waals surface area contributed by atoms with Crippen molar-refractivity contribution in [2.75, 3.05) is 16.8 Å². The van der Waals surface area contributed by atoms with Crippen LogP contribution in [-0.2, 0) is 9.84 Å². The molecule has 1 N–H and O–H groups in total. The number of aromatic nitrogens is 1. The highest BCUT2D eigenvalue weighted by atomic mass is 35.5. The number of nitrogens with zero attached hydrogens (tertiary/aromatic N) is 1. The van der Waals surface area contributed by atoms with Gasteiger partial charge >= 0.3 is 0 Å². The molecule has 1 fully saturated rings. The molecule has 2 rings (SSSR count). The monoisotopic (exact) mass is 264 g/mol. The Morgan fingerprint density at radius 1 is 1.56 bits per heavy atom. The fourth-order valence-corrected chi connectivity index (χ4v) is 3.44. The minimum absolute atomic E-state index is 0.0246. The lowest BCUT2D eigenvalue weighted by Gasteiger charge is -2.11. The maximum atomic E-state index is 13.3. The first-order valence-electron chi connectivity index (χ1n) is 4.74. The zero-order chi connectivity index (χ0) is 11.8. The summed E-state index contributed by atoms with van der Waals surface area (Å²) in [4.78, 5) is 3.78. The van der Waals surface area contributed by atoms with Gasteiger partial charge in [0.1, 0.15) is 0 Å². The number of nitrogens with one attached hydrogen (secondary N) is 1. The molecule has 1 aliphatic rings. The predicted octanol–water partition coefficient (Wildman–Crippen LogP) is 1.47. The van der Waals surface area contributed by atoms with Crippen molar-refractivity contribution < 1.29 is 12.8 Å². The largest absolute Gasteiger partial charge is 0.364 e. The zero-order valence-corrected chi connectivity index (χ0v) is 9.85. The van der Waals surface area contributed by atoms with Gasteiger partial charge in [-0.05, 0) is 12.5 Å². The van der Waals surface area contributed by atoms with Gasteiger partial charge in [-0.3, -0.25) is 0 Å². The molecular weight excluding hydrogens is 255 g/mol. The fraction of sp³-hybridized carbons (Fsp3) is 0.444. The van der Waals surface area contributed by atoms with Gasteiger partial charge < -0.3 is 5.32 Å². The van der Waals surface area contributed by atoms with E-state index in [1.54, 1.807) is 0 Å². The Kier molecular flexibility index (Phi) is 3.03. The van der Waals surface area contributed by atoms with Gasteiger partial charge in [0.15, 0.2) is 21.5 Å². The van der Waals surface area contributed by atoms with Crippen molar-refractivity contribution in [3.05, 3.63) is 23.1 Å². The molecule has 0 amide bonds. The third kappa shape index (κ3) is 2.62. The first-order chi connectivity index (χ1) is 7.46. The molecule has 0 aromatic carbocycles. The van der Waals surface area contributed by atoms with Crippen LogP contribution in [0.4, 0.5) is 10.2 Å². The van der Waals surface area contributed by atoms with Gasteiger partial charge in [0.25, 0.3) is 0 Å². The highest BCUT2D eigenvalue weighted by molar-refractivity contribution is 7.91. The lowest BCUT2D eigenvalue weighted by atomic mass is 10.2. The van der Waals surface area contributed by atoms with Crippen LogP contribution >= 0.6 is 11.6 Å². The Morgan fingerprint density at radius 3 is 2.88 bits per heavy atom. The van der Waals surface area contributed by atoms with Crippen LogP contribution in [0.5, 0.6) is 0 Å². The van der Waals surface area contributed by atoms with Crippen molar-refractivity contribution >= 4 is 27.3 Å². The van der Waals surface area contributed by atoms with Crippen LogP contribution < -0.4 is 5.32 Å². The lowest BCUT2D eigenvalue weighted by molar-refractivity contribution is 0.601. The van der Waals surface area contributed by atoms with E-state index >= 15 is 0 Å². The van der Waals surface area contributed by atoms with Gasteiger partial charge in [0.2, 0.25) is 0 Å². The van der Waals surface area contributed by atoms with Crippen molar-refractivity contribution in [1.82, 2.24) is 4.98 Å². The van der Waals surface area contributed by atoms with Crippen LogP contribution in [0.25, 0.3) is 0 Å². The molecule has 4 nitrogen and oxygen atoms in total. The van der Waals surface area contributed by atoms with E-state index in [4.69, 9.17) is 11.6 Å². The topological polar surface area (TPSA) is 59.1 Å². The van der Waals surface area contributed by atoms with Crippen molar-refractivity contribution in [3.8, 4) is 0 Å². The molecule has 0 spiro atoms. The van der Waals surface area contributed by atoms with E-state index in [0.29, 0.717) is 6.42 Å². The van der Waals surface area contributed by atoms with Gasteiger partial charge in [-0.25, -0.2) is 17.8 Å². The second kappa shape index (κ2) is 4.18. The summed E-state index contributed by atoms with van der Waals surface area (Å²) in [5.74, 6) is -0.361. The van der Waals surface area contributed by atoms with Gasteiger partial charge in [-0.15, -0.1) is 0 Å². The van der Waals surface area contributed by atoms with E-state index in [0.717, 1.165) is 6.07 Å². The molecular formula is C9H10ClFN2O2S. The first-order valence-corrected chi connectivity index (χ1v) is 6.94. The summed E-state index contributed by atoms with van der Waals surface area (Å²) >= 11 is 5.55. The van der Waals surface area contributed by atoms with E-state index in [1.165, 1.54) is 6.20 Å². The van der Waals surface area contributed by atoms with Gasteiger partial charge in [-0.1, -0.05) is 11.6 Å². The first kappa shape index (κ1) is 11.6. The van der Waals surface area contributed by atoms with Crippen molar-refractivity contribution in [2.24, 2.45) is 0 Å². The average Bonchev–Trinajstić information content (AvgIpc) is 2.51. The quantitative estimate of drug-likeness (QED) is 0.879. The fourth-order valence-electron chi connectivity index (χ4n) is 1.62. The summed E-state index contributed by atoms with van der Waals surface area (Å²) in [6.45, 7) is 0. The molecule has 1 aromatic rings. The highest BCUT2D eigenvalue weighted by Crippen LogP contribution is 2.20. The molecule has 1 saturated heterocycles. The summed E-state index contributed by atoms with van der Waals surface area (Å²) in [5, 5.41) is 2.98. The minimum Gasteiger partial charge on any atom is -0.364 e. The third-order valence-corrected chi connectivity index (χ3v) is 4.36. The van der Waals surface area contributed by atoms with Gasteiger partial charge in [-0.2, -0.15) is 0 Å². The van der Waals surface area contributed by atoms with Crippen LogP contribution in [0.2, 0.25) is 5.02 Å². The standard InChI is InChI=1S/C9H10ClFN2O2S/c10-6-3-8(11)9(12-4-6)13-7-1-2-16(14,15)5-7/h3-4,7H,1-2,5H2,(H,12,13). The smallest absolute Gasteiger partial charge is 0.166 e. The lowest BCUT2D eigenvalue weighted by Crippen LogP contribution is -2.21. The number of halogens is 2. The molecule has 0 bridgehead atoms. The number of hydrogen-bond acceptors (Lipinski definition) is 4. The molecule has 16 heavy (non-hydrogen) atoms. The second-order valence-electron chi connectivity index (χ2n) is 3.73. The second-order valence-corrected chi connectivity index (χ2v) is 6.39. The number of sulfone groups is 1. The van der Waals surface area contributed by atoms with Gasteiger partial charge in [0.05, 0.1) is 16.5 Å². The van der Waals surface area contributed by atoms with Crippen molar-refractivity contribution in [3.63, 3.8) is 0 Å². The van der Waals surface area contributed by atoms with E-state index in [1.807, 2.05) is 0 Å². The van der Waals surface area contributed by atoms with Crippen molar-refractivity contribution in [2.45, 2.75) is 12.5 Å². The van der Waals surface area contributed by atoms with E-state index in [-0.39, 0.29) is 28.4 Å². The normalized spacial score (nSPS) is 23.2. The van der Waals surface area contributed by atoms with Crippen LogP contribution in [0.1, 0.15) is 6.42 Å². The minimum atomic E-state index is -2.98. The zero-order valence-electron chi connectivity index (χ0n) is 8.28. The third-order valence-electron chi connectivity index (χ3n) is 2.38. The number of anilines is 1. The number of hydrogen-bond donors (Lipinski definition) is 1. The van der Waals surface area contributed by atoms with Crippen LogP contribution in [0, 0.1) is 5.82 Å². The Morgan fingerprint density at radius 2 is 2.31 bits per heavy atom. The SMILES string of the molecule is O=S1(=O)CCC(Nc2ncc(Cl)cc2F)C1. The van der Waals surface area contributed by atoms with Crippen LogP contribution in [0.15, 0.2) is 12.3 Å². The summed E-state index contributed by atoms with van der Waals surface area (Å²) in [6.07, 6.45) is 1.79. The van der Waals surface area contributed by atoms with Gasteiger partial charge in [0, 0.05) is 12.2 Å². The predicted molar refractivity (Wildman–Crippen MR) is 59.9 cm³/mol. The number of pyridine rings is 1. The molecule has 1 aromatic heterocycles. The molecule has 1 atom stereocenters. The maximum absolute atomic E-state index is 13.3. The highest BCUT2D eigenvalue weighted by Gasteiger charge is 2.28. The maximum Gasteiger partial charge on any atom is 0.166 e. The summed E-state index contributed by atoms with van der Waals surface area (Å²) < 4.78 is 35.7. The Labute approximate surface area is 97.7 Å². The van der Waals surface area contributed by atoms with E-state index < -0.39 is 15.7 Å². The van der Waals surface area contributed by atoms with Crippen LogP contribution in [-0.4, -0.2) is 30.9 Å². The molecule has 0 radical (unpaired) electrons. The molecule has 0 aliphatic carbocycles. The van der Waals surface area contributed by atoms with Crippen LogP contribution in [0.3, 0.4) is 0 Å². The van der Waals surface area contributed by atoms with E-state index in [2.05, 4.69) is 10.3 Å². The average molecular weight is 265 g/mol. The summed E-state index contributed by atoms with van der Waals surface area (Å²) in [5.41, 5.74) is 0.